The van der Waals surface area contributed by atoms with Crippen LogP contribution in [0.3, 0.4) is 0 Å². The lowest BCUT2D eigenvalue weighted by atomic mass is 9.58. The van der Waals surface area contributed by atoms with E-state index in [4.69, 9.17) is 0 Å². The van der Waals surface area contributed by atoms with Crippen molar-refractivity contribution >= 4 is 9.84 Å². The minimum absolute atomic E-state index is 0.278. The number of nitrogens with one attached hydrogen (secondary N) is 1. The van der Waals surface area contributed by atoms with E-state index in [0.29, 0.717) is 6.54 Å². The molecule has 1 aliphatic rings. The van der Waals surface area contributed by atoms with Crippen molar-refractivity contribution in [2.24, 2.45) is 5.41 Å². The second kappa shape index (κ2) is 4.06. The first-order valence-corrected chi connectivity index (χ1v) is 7.58. The molecule has 0 saturated heterocycles. The van der Waals surface area contributed by atoms with Crippen LogP contribution < -0.4 is 5.32 Å². The Balaban J connectivity index is 2.86. The summed E-state index contributed by atoms with van der Waals surface area (Å²) >= 11 is 0. The number of rotatable bonds is 5. The smallest absolute Gasteiger partial charge is 0.154 e. The first kappa shape index (κ1) is 13.0. The minimum Gasteiger partial charge on any atom is -0.318 e. The number of hydrogen-bond donors (Lipinski definition) is 1. The fourth-order valence-electron chi connectivity index (χ4n) is 2.91. The predicted molar refractivity (Wildman–Crippen MR) is 63.8 cm³/mol. The van der Waals surface area contributed by atoms with Gasteiger partial charge in [-0.1, -0.05) is 26.7 Å². The molecule has 0 spiro atoms. The lowest BCUT2D eigenvalue weighted by molar-refractivity contribution is 0.0654. The van der Waals surface area contributed by atoms with Gasteiger partial charge >= 0.3 is 0 Å². The third kappa shape index (κ3) is 2.07. The molecule has 1 aliphatic carbocycles. The monoisotopic (exact) mass is 233 g/mol. The highest BCUT2D eigenvalue weighted by Gasteiger charge is 2.57. The van der Waals surface area contributed by atoms with E-state index in [1.165, 1.54) is 6.26 Å². The molecule has 0 aliphatic heterocycles. The van der Waals surface area contributed by atoms with Crippen molar-refractivity contribution in [1.29, 1.82) is 0 Å². The van der Waals surface area contributed by atoms with E-state index >= 15 is 0 Å². The van der Waals surface area contributed by atoms with E-state index in [2.05, 4.69) is 19.2 Å². The van der Waals surface area contributed by atoms with Crippen molar-refractivity contribution in [2.75, 3.05) is 19.8 Å². The van der Waals surface area contributed by atoms with E-state index in [1.54, 1.807) is 0 Å². The lowest BCUT2D eigenvalue weighted by Gasteiger charge is -2.55. The molecule has 0 aromatic carbocycles. The minimum atomic E-state index is -2.94. The predicted octanol–water partition coefficient (Wildman–Crippen LogP) is 1.59. The Hall–Kier alpha value is -0.0900. The second-order valence-electron chi connectivity index (χ2n) is 5.05. The van der Waals surface area contributed by atoms with Gasteiger partial charge in [0.05, 0.1) is 4.75 Å². The molecule has 0 amide bonds. The molecule has 0 bridgehead atoms. The van der Waals surface area contributed by atoms with Crippen LogP contribution in [0.1, 0.15) is 39.5 Å². The molecule has 0 unspecified atom stereocenters. The SMILES string of the molecule is CCC1(CC)CC(CNC)(S(C)(=O)=O)C1. The first-order valence-electron chi connectivity index (χ1n) is 5.69. The Kier molecular flexibility index (Phi) is 3.51. The molecule has 1 fully saturated rings. The van der Waals surface area contributed by atoms with Crippen LogP contribution in [0.25, 0.3) is 0 Å². The van der Waals surface area contributed by atoms with Gasteiger partial charge in [-0.05, 0) is 25.3 Å². The zero-order chi connectivity index (χ0) is 11.7. The van der Waals surface area contributed by atoms with Crippen molar-refractivity contribution < 1.29 is 8.42 Å². The Morgan fingerprint density at radius 3 is 1.93 bits per heavy atom. The molecule has 90 valence electrons. The molecule has 15 heavy (non-hydrogen) atoms. The Bertz CT molecular complexity index is 309. The summed E-state index contributed by atoms with van der Waals surface area (Å²) in [5.74, 6) is 0. The number of hydrogen-bond acceptors (Lipinski definition) is 3. The van der Waals surface area contributed by atoms with Crippen molar-refractivity contribution in [3.05, 3.63) is 0 Å². The van der Waals surface area contributed by atoms with Gasteiger partial charge in [-0.25, -0.2) is 8.42 Å². The maximum Gasteiger partial charge on any atom is 0.154 e. The van der Waals surface area contributed by atoms with Gasteiger partial charge in [0.2, 0.25) is 0 Å². The van der Waals surface area contributed by atoms with Crippen molar-refractivity contribution in [3.8, 4) is 0 Å². The maximum absolute atomic E-state index is 11.8. The zero-order valence-corrected chi connectivity index (χ0v) is 11.1. The first-order chi connectivity index (χ1) is 6.85. The summed E-state index contributed by atoms with van der Waals surface area (Å²) in [7, 11) is -1.12. The van der Waals surface area contributed by atoms with Crippen molar-refractivity contribution in [2.45, 2.75) is 44.3 Å². The average molecular weight is 233 g/mol. The molecule has 0 aromatic heterocycles. The Morgan fingerprint density at radius 1 is 1.20 bits per heavy atom. The average Bonchev–Trinajstić information content (AvgIpc) is 2.09. The summed E-state index contributed by atoms with van der Waals surface area (Å²) in [6.07, 6.45) is 5.20. The molecular formula is C11H23NO2S. The summed E-state index contributed by atoms with van der Waals surface area (Å²) < 4.78 is 23.1. The van der Waals surface area contributed by atoms with Crippen LogP contribution in [0, 0.1) is 5.41 Å². The van der Waals surface area contributed by atoms with E-state index in [-0.39, 0.29) is 5.41 Å². The highest BCUT2D eigenvalue weighted by atomic mass is 32.2. The normalized spacial score (nSPS) is 23.5. The van der Waals surface area contributed by atoms with E-state index < -0.39 is 14.6 Å². The molecule has 4 heteroatoms. The molecule has 1 rings (SSSR count). The molecule has 0 heterocycles. The summed E-state index contributed by atoms with van der Waals surface area (Å²) in [4.78, 5) is 0. The topological polar surface area (TPSA) is 46.2 Å². The number of sulfone groups is 1. The quantitative estimate of drug-likeness (QED) is 0.784. The van der Waals surface area contributed by atoms with Crippen molar-refractivity contribution in [3.63, 3.8) is 0 Å². The highest BCUT2D eigenvalue weighted by molar-refractivity contribution is 7.92. The molecule has 1 N–H and O–H groups in total. The lowest BCUT2D eigenvalue weighted by Crippen LogP contribution is -2.60. The van der Waals surface area contributed by atoms with Gasteiger partial charge in [-0.15, -0.1) is 0 Å². The van der Waals surface area contributed by atoms with Gasteiger partial charge in [0.25, 0.3) is 0 Å². The zero-order valence-electron chi connectivity index (χ0n) is 10.3. The summed E-state index contributed by atoms with van der Waals surface area (Å²) in [5, 5.41) is 3.02. The Morgan fingerprint density at radius 2 is 1.67 bits per heavy atom. The highest BCUT2D eigenvalue weighted by Crippen LogP contribution is 2.56. The molecule has 3 nitrogen and oxygen atoms in total. The van der Waals surface area contributed by atoms with Crippen LogP contribution in [-0.2, 0) is 9.84 Å². The molecular weight excluding hydrogens is 210 g/mol. The van der Waals surface area contributed by atoms with Crippen LogP contribution in [0.15, 0.2) is 0 Å². The summed E-state index contributed by atoms with van der Waals surface area (Å²) in [6, 6.07) is 0. The third-order valence-electron chi connectivity index (χ3n) is 4.18. The fraction of sp³-hybridized carbons (Fsp3) is 1.00. The molecule has 0 aromatic rings. The molecule has 0 atom stereocenters. The van der Waals surface area contributed by atoms with E-state index in [0.717, 1.165) is 25.7 Å². The van der Waals surface area contributed by atoms with Gasteiger partial charge in [0.1, 0.15) is 0 Å². The van der Waals surface area contributed by atoms with Gasteiger partial charge in [-0.3, -0.25) is 0 Å². The van der Waals surface area contributed by atoms with Gasteiger partial charge in [-0.2, -0.15) is 0 Å². The Labute approximate surface area is 93.6 Å². The largest absolute Gasteiger partial charge is 0.318 e. The van der Waals surface area contributed by atoms with Crippen LogP contribution in [0.5, 0.6) is 0 Å². The van der Waals surface area contributed by atoms with Crippen LogP contribution >= 0.6 is 0 Å². The van der Waals surface area contributed by atoms with Gasteiger partial charge in [0.15, 0.2) is 9.84 Å². The second-order valence-corrected chi connectivity index (χ2v) is 7.46. The third-order valence-corrected chi connectivity index (χ3v) is 6.19. The molecule has 1 saturated carbocycles. The maximum atomic E-state index is 11.8. The van der Waals surface area contributed by atoms with Crippen LogP contribution in [-0.4, -0.2) is 33.0 Å². The van der Waals surface area contributed by atoms with Crippen LogP contribution in [0.2, 0.25) is 0 Å². The van der Waals surface area contributed by atoms with Crippen molar-refractivity contribution in [1.82, 2.24) is 5.32 Å². The van der Waals surface area contributed by atoms with Gasteiger partial charge in [0, 0.05) is 12.8 Å². The van der Waals surface area contributed by atoms with Crippen LogP contribution in [0.4, 0.5) is 0 Å². The van der Waals surface area contributed by atoms with Gasteiger partial charge < -0.3 is 5.32 Å². The summed E-state index contributed by atoms with van der Waals surface area (Å²) in [5.41, 5.74) is 0.278. The fourth-order valence-corrected chi connectivity index (χ4v) is 4.45. The molecule has 0 radical (unpaired) electrons. The standard InChI is InChI=1S/C11H23NO2S/c1-5-10(6-2)7-11(8-10,9-12-3)15(4,13)14/h12H,5-9H2,1-4H3. The summed E-state index contributed by atoms with van der Waals surface area (Å²) in [6.45, 7) is 4.91. The van der Waals surface area contributed by atoms with E-state index in [9.17, 15) is 8.42 Å². The van der Waals surface area contributed by atoms with E-state index in [1.807, 2.05) is 7.05 Å².